The summed E-state index contributed by atoms with van der Waals surface area (Å²) in [6, 6.07) is 9.36. The smallest absolute Gasteiger partial charge is 0.326 e. The maximum atomic E-state index is 12.5. The van der Waals surface area contributed by atoms with Gasteiger partial charge in [-0.1, -0.05) is 44.2 Å². The van der Waals surface area contributed by atoms with Gasteiger partial charge in [0, 0.05) is 13.0 Å². The Morgan fingerprint density at radius 1 is 1.29 bits per heavy atom. The van der Waals surface area contributed by atoms with Crippen LogP contribution in [0.5, 0.6) is 0 Å². The number of aliphatic carboxylic acids is 1. The van der Waals surface area contributed by atoms with Crippen LogP contribution in [0.1, 0.15) is 44.6 Å². The summed E-state index contributed by atoms with van der Waals surface area (Å²) in [5, 5.41) is 9.20. The fraction of sp³-hybridized carbons (Fsp3) is 0.529. The van der Waals surface area contributed by atoms with Crippen LogP contribution >= 0.6 is 0 Å². The second-order valence-electron chi connectivity index (χ2n) is 6.05. The molecule has 0 bridgehead atoms. The Morgan fingerprint density at radius 2 is 1.95 bits per heavy atom. The highest BCUT2D eigenvalue weighted by molar-refractivity contribution is 5.84. The van der Waals surface area contributed by atoms with Gasteiger partial charge in [-0.25, -0.2) is 4.79 Å². The number of hydrogen-bond acceptors (Lipinski definition) is 2. The average Bonchev–Trinajstić information content (AvgIpc) is 2.94. The molecule has 4 nitrogen and oxygen atoms in total. The minimum atomic E-state index is -0.887. The molecule has 0 saturated carbocycles. The summed E-state index contributed by atoms with van der Waals surface area (Å²) >= 11 is 0. The molecule has 1 N–H and O–H groups in total. The lowest BCUT2D eigenvalue weighted by Gasteiger charge is -2.26. The summed E-state index contributed by atoms with van der Waals surface area (Å²) in [6.07, 6.45) is 1.73. The zero-order valence-electron chi connectivity index (χ0n) is 12.7. The number of carbonyl (C=O) groups excluding carboxylic acids is 1. The molecule has 1 amide bonds. The van der Waals surface area contributed by atoms with Gasteiger partial charge in [-0.05, 0) is 30.2 Å². The Hall–Kier alpha value is -1.84. The first-order valence-electron chi connectivity index (χ1n) is 7.58. The summed E-state index contributed by atoms with van der Waals surface area (Å²) in [4.78, 5) is 25.3. The Balaban J connectivity index is 2.10. The second kappa shape index (κ2) is 6.74. The van der Waals surface area contributed by atoms with E-state index >= 15 is 0 Å². The van der Waals surface area contributed by atoms with Gasteiger partial charge in [-0.15, -0.1) is 0 Å². The van der Waals surface area contributed by atoms with Crippen LogP contribution in [-0.2, 0) is 9.59 Å². The molecule has 21 heavy (non-hydrogen) atoms. The van der Waals surface area contributed by atoms with Crippen molar-refractivity contribution in [1.29, 1.82) is 0 Å². The SMILES string of the molecule is CC(C)C(CC(=O)N1CCC[C@H]1C(=O)O)c1ccccc1. The number of carboxylic acids is 1. The summed E-state index contributed by atoms with van der Waals surface area (Å²) in [6.45, 7) is 4.77. The normalized spacial score (nSPS) is 19.8. The van der Waals surface area contributed by atoms with Crippen LogP contribution in [-0.4, -0.2) is 34.5 Å². The summed E-state index contributed by atoms with van der Waals surface area (Å²) in [5.41, 5.74) is 1.15. The van der Waals surface area contributed by atoms with E-state index in [1.54, 1.807) is 4.90 Å². The topological polar surface area (TPSA) is 57.6 Å². The van der Waals surface area contributed by atoms with E-state index in [0.717, 1.165) is 12.0 Å². The minimum Gasteiger partial charge on any atom is -0.480 e. The van der Waals surface area contributed by atoms with Gasteiger partial charge in [-0.3, -0.25) is 4.79 Å². The Labute approximate surface area is 125 Å². The lowest BCUT2D eigenvalue weighted by Crippen LogP contribution is -2.41. The monoisotopic (exact) mass is 289 g/mol. The Morgan fingerprint density at radius 3 is 2.52 bits per heavy atom. The van der Waals surface area contributed by atoms with Crippen LogP contribution < -0.4 is 0 Å². The van der Waals surface area contributed by atoms with E-state index in [1.807, 2.05) is 30.3 Å². The lowest BCUT2D eigenvalue weighted by atomic mass is 9.85. The molecule has 0 aliphatic carbocycles. The van der Waals surface area contributed by atoms with E-state index in [9.17, 15) is 14.7 Å². The van der Waals surface area contributed by atoms with Gasteiger partial charge in [0.2, 0.25) is 5.91 Å². The van der Waals surface area contributed by atoms with Crippen LogP contribution in [0.25, 0.3) is 0 Å². The number of nitrogens with zero attached hydrogens (tertiary/aromatic N) is 1. The molecule has 1 aromatic rings. The summed E-state index contributed by atoms with van der Waals surface area (Å²) < 4.78 is 0. The van der Waals surface area contributed by atoms with E-state index < -0.39 is 12.0 Å². The van der Waals surface area contributed by atoms with E-state index in [2.05, 4.69) is 13.8 Å². The van der Waals surface area contributed by atoms with Crippen LogP contribution in [0.2, 0.25) is 0 Å². The van der Waals surface area contributed by atoms with Crippen molar-refractivity contribution in [3.8, 4) is 0 Å². The van der Waals surface area contributed by atoms with Crippen molar-refractivity contribution >= 4 is 11.9 Å². The number of likely N-dealkylation sites (tertiary alicyclic amines) is 1. The molecular weight excluding hydrogens is 266 g/mol. The van der Waals surface area contributed by atoms with E-state index in [4.69, 9.17) is 0 Å². The molecule has 1 fully saturated rings. The lowest BCUT2D eigenvalue weighted by molar-refractivity contribution is -0.148. The van der Waals surface area contributed by atoms with Crippen LogP contribution in [0.4, 0.5) is 0 Å². The molecule has 1 unspecified atom stereocenters. The van der Waals surface area contributed by atoms with Crippen molar-refractivity contribution in [1.82, 2.24) is 4.90 Å². The quantitative estimate of drug-likeness (QED) is 0.906. The largest absolute Gasteiger partial charge is 0.480 e. The number of carbonyl (C=O) groups is 2. The molecule has 2 rings (SSSR count). The Bertz CT molecular complexity index is 498. The van der Waals surface area contributed by atoms with E-state index in [0.29, 0.717) is 25.3 Å². The Kier molecular flexibility index (Phi) is 4.99. The molecule has 2 atom stereocenters. The molecule has 4 heteroatoms. The van der Waals surface area contributed by atoms with Crippen LogP contribution in [0.3, 0.4) is 0 Å². The number of carboxylic acid groups (broad SMARTS) is 1. The number of hydrogen-bond donors (Lipinski definition) is 1. The highest BCUT2D eigenvalue weighted by atomic mass is 16.4. The highest BCUT2D eigenvalue weighted by Crippen LogP contribution is 2.30. The predicted octanol–water partition coefficient (Wildman–Crippen LogP) is 2.89. The molecule has 0 aromatic heterocycles. The van der Waals surface area contributed by atoms with Crippen molar-refractivity contribution in [2.75, 3.05) is 6.54 Å². The molecular formula is C17H23NO3. The molecule has 1 aliphatic heterocycles. The predicted molar refractivity (Wildman–Crippen MR) is 81.0 cm³/mol. The molecule has 1 heterocycles. The van der Waals surface area contributed by atoms with Crippen LogP contribution in [0, 0.1) is 5.92 Å². The molecule has 114 valence electrons. The third-order valence-corrected chi connectivity index (χ3v) is 4.29. The highest BCUT2D eigenvalue weighted by Gasteiger charge is 2.35. The number of amides is 1. The van der Waals surface area contributed by atoms with Gasteiger partial charge in [0.25, 0.3) is 0 Å². The summed E-state index contributed by atoms with van der Waals surface area (Å²) in [7, 11) is 0. The molecule has 1 aromatic carbocycles. The maximum Gasteiger partial charge on any atom is 0.326 e. The van der Waals surface area contributed by atoms with Crippen molar-refractivity contribution < 1.29 is 14.7 Å². The maximum absolute atomic E-state index is 12.5. The van der Waals surface area contributed by atoms with Gasteiger partial charge in [0.1, 0.15) is 6.04 Å². The first kappa shape index (κ1) is 15.5. The second-order valence-corrected chi connectivity index (χ2v) is 6.05. The fourth-order valence-corrected chi connectivity index (χ4v) is 3.07. The van der Waals surface area contributed by atoms with Gasteiger partial charge in [0.05, 0.1) is 0 Å². The van der Waals surface area contributed by atoms with Gasteiger partial charge in [0.15, 0.2) is 0 Å². The van der Waals surface area contributed by atoms with E-state index in [-0.39, 0.29) is 11.8 Å². The van der Waals surface area contributed by atoms with Crippen LogP contribution in [0.15, 0.2) is 30.3 Å². The average molecular weight is 289 g/mol. The minimum absolute atomic E-state index is 0.0394. The van der Waals surface area contributed by atoms with E-state index in [1.165, 1.54) is 0 Å². The standard InChI is InChI=1S/C17H23NO3/c1-12(2)14(13-7-4-3-5-8-13)11-16(19)18-10-6-9-15(18)17(20)21/h3-5,7-8,12,14-15H,6,9-11H2,1-2H3,(H,20,21)/t14?,15-/m0/s1. The van der Waals surface area contributed by atoms with Crippen molar-refractivity contribution in [3.63, 3.8) is 0 Å². The molecule has 1 saturated heterocycles. The third-order valence-electron chi connectivity index (χ3n) is 4.29. The van der Waals surface area contributed by atoms with Gasteiger partial charge < -0.3 is 10.0 Å². The molecule has 0 radical (unpaired) electrons. The number of benzene rings is 1. The number of rotatable bonds is 5. The van der Waals surface area contributed by atoms with Crippen molar-refractivity contribution in [3.05, 3.63) is 35.9 Å². The molecule has 0 spiro atoms. The zero-order valence-corrected chi connectivity index (χ0v) is 12.7. The summed E-state index contributed by atoms with van der Waals surface area (Å²) in [5.74, 6) is -0.458. The molecule has 1 aliphatic rings. The van der Waals surface area contributed by atoms with Crippen molar-refractivity contribution in [2.24, 2.45) is 5.92 Å². The zero-order chi connectivity index (χ0) is 15.4. The van der Waals surface area contributed by atoms with Gasteiger partial charge in [-0.2, -0.15) is 0 Å². The van der Waals surface area contributed by atoms with Gasteiger partial charge >= 0.3 is 5.97 Å². The fourth-order valence-electron chi connectivity index (χ4n) is 3.07. The first-order chi connectivity index (χ1) is 10.0. The third kappa shape index (κ3) is 3.63. The van der Waals surface area contributed by atoms with Crippen molar-refractivity contribution in [2.45, 2.75) is 45.1 Å². The first-order valence-corrected chi connectivity index (χ1v) is 7.58.